The van der Waals surface area contributed by atoms with Crippen LogP contribution in [0.4, 0.5) is 0 Å². The van der Waals surface area contributed by atoms with Gasteiger partial charge in [0, 0.05) is 6.08 Å². The first-order valence-corrected chi connectivity index (χ1v) is 4.34. The predicted octanol–water partition coefficient (Wildman–Crippen LogP) is 1.51. The Bertz CT molecular complexity index is 189. The van der Waals surface area contributed by atoms with E-state index < -0.39 is 17.7 Å². The Morgan fingerprint density at radius 1 is 1.54 bits per heavy atom. The minimum absolute atomic E-state index is 0.0731. The molecule has 0 saturated carbocycles. The number of rotatable bonds is 4. The van der Waals surface area contributed by atoms with Crippen LogP contribution in [-0.4, -0.2) is 22.8 Å². The van der Waals surface area contributed by atoms with E-state index in [0.717, 1.165) is 6.08 Å². The monoisotopic (exact) mass is 186 g/mol. The molecule has 0 aliphatic heterocycles. The van der Waals surface area contributed by atoms with Gasteiger partial charge in [-0.1, -0.05) is 20.4 Å². The Labute approximate surface area is 79.4 Å². The highest BCUT2D eigenvalue weighted by molar-refractivity contribution is 5.81. The fraction of sp³-hybridized carbons (Fsp3) is 0.700. The summed E-state index contributed by atoms with van der Waals surface area (Å²) >= 11 is 0. The van der Waals surface area contributed by atoms with E-state index in [4.69, 9.17) is 4.74 Å². The van der Waals surface area contributed by atoms with Gasteiger partial charge in [0.25, 0.3) is 0 Å². The van der Waals surface area contributed by atoms with Crippen LogP contribution in [0.15, 0.2) is 12.7 Å². The summed E-state index contributed by atoms with van der Waals surface area (Å²) in [6.07, 6.45) is 0.596. The summed E-state index contributed by atoms with van der Waals surface area (Å²) in [5, 5.41) is 9.68. The number of esters is 1. The van der Waals surface area contributed by atoms with Crippen LogP contribution in [0.25, 0.3) is 0 Å². The molecule has 0 aliphatic rings. The second kappa shape index (κ2) is 4.42. The third-order valence-electron chi connectivity index (χ3n) is 1.71. The van der Waals surface area contributed by atoms with E-state index in [1.807, 2.05) is 13.8 Å². The van der Waals surface area contributed by atoms with Crippen molar-refractivity contribution in [2.24, 2.45) is 5.92 Å². The number of aliphatic hydroxyl groups is 1. The van der Waals surface area contributed by atoms with Crippen LogP contribution in [0.5, 0.6) is 0 Å². The molecule has 0 aromatic carbocycles. The Hall–Kier alpha value is -0.830. The molecule has 0 aromatic heterocycles. The van der Waals surface area contributed by atoms with Gasteiger partial charge in [-0.15, -0.1) is 0 Å². The Balaban J connectivity index is 4.45. The maximum atomic E-state index is 10.9. The average Bonchev–Trinajstić information content (AvgIpc) is 1.96. The quantitative estimate of drug-likeness (QED) is 0.534. The first kappa shape index (κ1) is 12.2. The van der Waals surface area contributed by atoms with E-state index in [1.54, 1.807) is 13.8 Å². The minimum atomic E-state index is -1.02. The topological polar surface area (TPSA) is 46.5 Å². The number of hydrogen-bond acceptors (Lipinski definition) is 3. The molecule has 0 fully saturated rings. The summed E-state index contributed by atoms with van der Waals surface area (Å²) in [6.45, 7) is 10.3. The summed E-state index contributed by atoms with van der Waals surface area (Å²) in [6, 6.07) is 0. The van der Waals surface area contributed by atoms with Gasteiger partial charge < -0.3 is 9.84 Å². The summed E-state index contributed by atoms with van der Waals surface area (Å²) in [5.41, 5.74) is -1.02. The van der Waals surface area contributed by atoms with E-state index in [-0.39, 0.29) is 5.92 Å². The Morgan fingerprint density at radius 2 is 2.00 bits per heavy atom. The number of carbonyl (C=O) groups excluding carboxylic acids is 1. The zero-order valence-corrected chi connectivity index (χ0v) is 8.70. The molecule has 1 N–H and O–H groups in total. The van der Waals surface area contributed by atoms with Gasteiger partial charge in [0.1, 0.15) is 6.10 Å². The predicted molar refractivity (Wildman–Crippen MR) is 51.2 cm³/mol. The van der Waals surface area contributed by atoms with Gasteiger partial charge in [0.15, 0.2) is 0 Å². The van der Waals surface area contributed by atoms with E-state index in [2.05, 4.69) is 6.58 Å². The van der Waals surface area contributed by atoms with Crippen molar-refractivity contribution in [3.63, 3.8) is 0 Å². The summed E-state index contributed by atoms with van der Waals surface area (Å²) in [7, 11) is 0. The van der Waals surface area contributed by atoms with Crippen LogP contribution in [0.2, 0.25) is 0 Å². The van der Waals surface area contributed by atoms with E-state index in [9.17, 15) is 9.90 Å². The molecule has 3 nitrogen and oxygen atoms in total. The van der Waals surface area contributed by atoms with Crippen molar-refractivity contribution in [2.75, 3.05) is 0 Å². The molecule has 0 amide bonds. The Kier molecular flexibility index (Phi) is 4.14. The van der Waals surface area contributed by atoms with Gasteiger partial charge in [-0.2, -0.15) is 0 Å². The van der Waals surface area contributed by atoms with Crippen LogP contribution in [0.1, 0.15) is 27.7 Å². The third kappa shape index (κ3) is 4.08. The second-order valence-electron chi connectivity index (χ2n) is 3.96. The zero-order chi connectivity index (χ0) is 10.6. The molecule has 1 atom stereocenters. The lowest BCUT2D eigenvalue weighted by atomic mass is 9.92. The lowest BCUT2D eigenvalue weighted by molar-refractivity contribution is -0.161. The van der Waals surface area contributed by atoms with Gasteiger partial charge in [-0.25, -0.2) is 4.79 Å². The van der Waals surface area contributed by atoms with E-state index in [0.29, 0.717) is 0 Å². The van der Waals surface area contributed by atoms with Crippen LogP contribution < -0.4 is 0 Å². The minimum Gasteiger partial charge on any atom is -0.456 e. The third-order valence-corrected chi connectivity index (χ3v) is 1.71. The molecule has 0 heterocycles. The number of hydrogen-bond donors (Lipinski definition) is 1. The van der Waals surface area contributed by atoms with Crippen molar-refractivity contribution >= 4 is 5.97 Å². The molecular formula is C10H18O3. The SMILES string of the molecule is C=CC(=O)OC(C(C)C)C(C)(C)O. The summed E-state index contributed by atoms with van der Waals surface area (Å²) in [5.74, 6) is -0.426. The lowest BCUT2D eigenvalue weighted by Gasteiger charge is -2.31. The summed E-state index contributed by atoms with van der Waals surface area (Å²) in [4.78, 5) is 10.9. The lowest BCUT2D eigenvalue weighted by Crippen LogP contribution is -2.43. The normalized spacial score (nSPS) is 14.0. The molecule has 0 radical (unpaired) electrons. The molecule has 1 unspecified atom stereocenters. The number of ether oxygens (including phenoxy) is 1. The molecule has 13 heavy (non-hydrogen) atoms. The first-order valence-electron chi connectivity index (χ1n) is 4.34. The average molecular weight is 186 g/mol. The maximum absolute atomic E-state index is 10.9. The van der Waals surface area contributed by atoms with Crippen LogP contribution in [-0.2, 0) is 9.53 Å². The maximum Gasteiger partial charge on any atom is 0.330 e. The highest BCUT2D eigenvalue weighted by Crippen LogP contribution is 2.20. The van der Waals surface area contributed by atoms with Gasteiger partial charge >= 0.3 is 5.97 Å². The zero-order valence-electron chi connectivity index (χ0n) is 8.70. The molecule has 3 heteroatoms. The standard InChI is InChI=1S/C10H18O3/c1-6-8(11)13-9(7(2)3)10(4,5)12/h6-7,9,12H,1H2,2-5H3. The highest BCUT2D eigenvalue weighted by atomic mass is 16.6. The molecule has 0 aromatic rings. The van der Waals surface area contributed by atoms with Gasteiger partial charge in [0.05, 0.1) is 5.60 Å². The molecule has 0 aliphatic carbocycles. The molecule has 0 saturated heterocycles. The smallest absolute Gasteiger partial charge is 0.330 e. The summed E-state index contributed by atoms with van der Waals surface area (Å²) < 4.78 is 5.02. The van der Waals surface area contributed by atoms with Gasteiger partial charge in [-0.3, -0.25) is 0 Å². The van der Waals surface area contributed by atoms with Crippen LogP contribution >= 0.6 is 0 Å². The van der Waals surface area contributed by atoms with Crippen molar-refractivity contribution in [3.05, 3.63) is 12.7 Å². The van der Waals surface area contributed by atoms with Crippen molar-refractivity contribution in [3.8, 4) is 0 Å². The van der Waals surface area contributed by atoms with Crippen LogP contribution in [0, 0.1) is 5.92 Å². The van der Waals surface area contributed by atoms with Crippen molar-refractivity contribution in [2.45, 2.75) is 39.4 Å². The fourth-order valence-corrected chi connectivity index (χ4v) is 1.27. The second-order valence-corrected chi connectivity index (χ2v) is 3.96. The van der Waals surface area contributed by atoms with Crippen molar-refractivity contribution in [1.82, 2.24) is 0 Å². The highest BCUT2D eigenvalue weighted by Gasteiger charge is 2.32. The van der Waals surface area contributed by atoms with Crippen molar-refractivity contribution < 1.29 is 14.6 Å². The molecular weight excluding hydrogens is 168 g/mol. The largest absolute Gasteiger partial charge is 0.456 e. The molecule has 0 spiro atoms. The van der Waals surface area contributed by atoms with E-state index >= 15 is 0 Å². The van der Waals surface area contributed by atoms with Crippen LogP contribution in [0.3, 0.4) is 0 Å². The van der Waals surface area contributed by atoms with Crippen molar-refractivity contribution in [1.29, 1.82) is 0 Å². The molecule has 0 rings (SSSR count). The molecule has 76 valence electrons. The molecule has 0 bridgehead atoms. The van der Waals surface area contributed by atoms with Gasteiger partial charge in [-0.05, 0) is 19.8 Å². The number of carbonyl (C=O) groups is 1. The first-order chi connectivity index (χ1) is 5.79. The van der Waals surface area contributed by atoms with E-state index in [1.165, 1.54) is 0 Å². The Morgan fingerprint density at radius 3 is 2.23 bits per heavy atom. The van der Waals surface area contributed by atoms with Gasteiger partial charge in [0.2, 0.25) is 0 Å². The fourth-order valence-electron chi connectivity index (χ4n) is 1.27.